The summed E-state index contributed by atoms with van der Waals surface area (Å²) in [4.78, 5) is 11.1. The van der Waals surface area contributed by atoms with Crippen LogP contribution in [0.15, 0.2) is 48.5 Å². The molecule has 2 aromatic rings. The van der Waals surface area contributed by atoms with E-state index < -0.39 is 0 Å². The zero-order chi connectivity index (χ0) is 20.4. The maximum atomic E-state index is 11.1. The summed E-state index contributed by atoms with van der Waals surface area (Å²) in [7, 11) is 1.66. The van der Waals surface area contributed by atoms with Crippen LogP contribution in [0.5, 0.6) is 5.75 Å². The Balaban J connectivity index is 1.73. The molecule has 2 aromatic carbocycles. The van der Waals surface area contributed by atoms with Gasteiger partial charge in [0.2, 0.25) is 5.91 Å². The first-order valence-electron chi connectivity index (χ1n) is 9.43. The molecule has 0 radical (unpaired) electrons. The molecule has 6 heteroatoms. The molecule has 0 saturated heterocycles. The number of carbonyl (C=O) groups excluding carboxylic acids is 1. The molecule has 4 N–H and O–H groups in total. The molecular weight excluding hydrogens is 370 g/mol. The highest BCUT2D eigenvalue weighted by molar-refractivity contribution is 8.00. The van der Waals surface area contributed by atoms with Gasteiger partial charge in [0.05, 0.1) is 12.4 Å². The topological polar surface area (TPSA) is 88.2 Å². The number of hydrogen-bond donors (Lipinski definition) is 3. The van der Waals surface area contributed by atoms with Crippen molar-refractivity contribution in [2.45, 2.75) is 37.9 Å². The van der Waals surface area contributed by atoms with Crippen LogP contribution in [0.3, 0.4) is 0 Å². The third-order valence-corrected chi connectivity index (χ3v) is 5.82. The number of thioether (sulfide) groups is 1. The molecule has 1 atom stereocenters. The van der Waals surface area contributed by atoms with Gasteiger partial charge in [-0.25, -0.2) is 0 Å². The van der Waals surface area contributed by atoms with Crippen molar-refractivity contribution in [1.82, 2.24) is 0 Å². The Labute approximate surface area is 171 Å². The maximum absolute atomic E-state index is 11.1. The van der Waals surface area contributed by atoms with Crippen LogP contribution in [0.25, 0.3) is 0 Å². The van der Waals surface area contributed by atoms with Crippen molar-refractivity contribution in [2.75, 3.05) is 18.2 Å². The number of amidine groups is 1. The summed E-state index contributed by atoms with van der Waals surface area (Å²) >= 11 is 1.76. The van der Waals surface area contributed by atoms with Crippen LogP contribution in [0.2, 0.25) is 0 Å². The lowest BCUT2D eigenvalue weighted by Gasteiger charge is -2.15. The minimum Gasteiger partial charge on any atom is -0.497 e. The number of hydrogen-bond acceptors (Lipinski definition) is 4. The number of nitrogens with one attached hydrogen (secondary N) is 2. The lowest BCUT2D eigenvalue weighted by atomic mass is 10.1. The third kappa shape index (κ3) is 7.64. The molecule has 28 heavy (non-hydrogen) atoms. The molecule has 0 aliphatic rings. The number of anilines is 1. The van der Waals surface area contributed by atoms with E-state index in [1.54, 1.807) is 18.9 Å². The number of nitrogens with two attached hydrogens (primary N) is 1. The fraction of sp³-hybridized carbons (Fsp3) is 0.364. The van der Waals surface area contributed by atoms with Crippen molar-refractivity contribution in [2.24, 2.45) is 5.73 Å². The van der Waals surface area contributed by atoms with Crippen molar-refractivity contribution in [3.05, 3.63) is 59.7 Å². The summed E-state index contributed by atoms with van der Waals surface area (Å²) in [5, 5.41) is 10.7. The highest BCUT2D eigenvalue weighted by atomic mass is 32.2. The fourth-order valence-electron chi connectivity index (χ4n) is 2.88. The van der Waals surface area contributed by atoms with Gasteiger partial charge in [-0.05, 0) is 66.8 Å². The van der Waals surface area contributed by atoms with E-state index in [0.717, 1.165) is 42.9 Å². The zero-order valence-corrected chi connectivity index (χ0v) is 17.4. The van der Waals surface area contributed by atoms with Crippen molar-refractivity contribution in [1.29, 1.82) is 5.41 Å². The molecule has 0 heterocycles. The highest BCUT2D eigenvalue weighted by Gasteiger charge is 2.13. The predicted molar refractivity (Wildman–Crippen MR) is 119 cm³/mol. The van der Waals surface area contributed by atoms with Crippen molar-refractivity contribution < 1.29 is 9.53 Å². The molecular formula is C22H29N3O2S. The van der Waals surface area contributed by atoms with E-state index in [9.17, 15) is 4.79 Å². The SMILES string of the molecule is COc1ccc(CCC(SCCCc2ccc(NC(C)=O)cc2)C(=N)N)cc1. The molecule has 0 saturated carbocycles. The smallest absolute Gasteiger partial charge is 0.221 e. The lowest BCUT2D eigenvalue weighted by Crippen LogP contribution is -2.26. The first-order chi connectivity index (χ1) is 13.5. The molecule has 0 spiro atoms. The fourth-order valence-corrected chi connectivity index (χ4v) is 3.94. The summed E-state index contributed by atoms with van der Waals surface area (Å²) < 4.78 is 5.18. The first kappa shape index (κ1) is 21.8. The van der Waals surface area contributed by atoms with Crippen molar-refractivity contribution >= 4 is 29.2 Å². The molecule has 1 amide bonds. The minimum atomic E-state index is -0.0611. The molecule has 5 nitrogen and oxygen atoms in total. The minimum absolute atomic E-state index is 0.0456. The number of methoxy groups -OCH3 is 1. The van der Waals surface area contributed by atoms with Gasteiger partial charge in [0, 0.05) is 12.6 Å². The summed E-state index contributed by atoms with van der Waals surface area (Å²) in [5.41, 5.74) is 9.10. The van der Waals surface area contributed by atoms with Crippen LogP contribution in [-0.2, 0) is 17.6 Å². The van der Waals surface area contributed by atoms with Crippen LogP contribution >= 0.6 is 11.8 Å². The normalized spacial score (nSPS) is 11.6. The molecule has 0 bridgehead atoms. The van der Waals surface area contributed by atoms with Gasteiger partial charge in [-0.15, -0.1) is 0 Å². The quantitative estimate of drug-likeness (QED) is 0.299. The number of carbonyl (C=O) groups is 1. The maximum Gasteiger partial charge on any atom is 0.221 e. The second kappa shape index (κ2) is 11.4. The summed E-state index contributed by atoms with van der Waals surface area (Å²) in [6.45, 7) is 1.51. The molecule has 2 rings (SSSR count). The Morgan fingerprint density at radius 2 is 1.71 bits per heavy atom. The van der Waals surface area contributed by atoms with Gasteiger partial charge in [-0.2, -0.15) is 11.8 Å². The summed E-state index contributed by atoms with van der Waals surface area (Å²) in [6, 6.07) is 16.0. The largest absolute Gasteiger partial charge is 0.497 e. The number of amides is 1. The van der Waals surface area contributed by atoms with E-state index in [-0.39, 0.29) is 17.0 Å². The van der Waals surface area contributed by atoms with Gasteiger partial charge in [-0.1, -0.05) is 24.3 Å². The molecule has 150 valence electrons. The molecule has 0 fully saturated rings. The van der Waals surface area contributed by atoms with E-state index in [2.05, 4.69) is 17.4 Å². The second-order valence-electron chi connectivity index (χ2n) is 6.68. The number of aryl methyl sites for hydroxylation is 2. The molecule has 0 aliphatic carbocycles. The van der Waals surface area contributed by atoms with Gasteiger partial charge < -0.3 is 15.8 Å². The lowest BCUT2D eigenvalue weighted by molar-refractivity contribution is -0.114. The predicted octanol–water partition coefficient (Wildman–Crippen LogP) is 4.26. The Morgan fingerprint density at radius 3 is 2.29 bits per heavy atom. The average Bonchev–Trinajstić information content (AvgIpc) is 2.68. The van der Waals surface area contributed by atoms with E-state index in [0.29, 0.717) is 0 Å². The number of rotatable bonds is 11. The third-order valence-electron chi connectivity index (χ3n) is 4.40. The van der Waals surface area contributed by atoms with Gasteiger partial charge in [0.25, 0.3) is 0 Å². The van der Waals surface area contributed by atoms with Gasteiger partial charge in [0.15, 0.2) is 0 Å². The standard InChI is InChI=1S/C22H29N3O2S/c1-16(26)25-19-10-5-17(6-11-19)4-3-15-28-21(22(23)24)14-9-18-7-12-20(27-2)13-8-18/h5-8,10-13,21H,3-4,9,14-15H2,1-2H3,(H3,23,24)(H,25,26). The Morgan fingerprint density at radius 1 is 1.11 bits per heavy atom. The van der Waals surface area contributed by atoms with Crippen molar-refractivity contribution in [3.63, 3.8) is 0 Å². The first-order valence-corrected chi connectivity index (χ1v) is 10.5. The van der Waals surface area contributed by atoms with E-state index >= 15 is 0 Å². The summed E-state index contributed by atoms with van der Waals surface area (Å²) in [6.07, 6.45) is 3.75. The van der Waals surface area contributed by atoms with Gasteiger partial charge in [0.1, 0.15) is 11.6 Å². The van der Waals surface area contributed by atoms with Gasteiger partial charge in [-0.3, -0.25) is 10.2 Å². The van der Waals surface area contributed by atoms with Gasteiger partial charge >= 0.3 is 0 Å². The van der Waals surface area contributed by atoms with E-state index in [1.807, 2.05) is 36.4 Å². The van der Waals surface area contributed by atoms with Crippen LogP contribution < -0.4 is 15.8 Å². The Bertz CT molecular complexity index is 760. The van der Waals surface area contributed by atoms with Crippen LogP contribution in [0.4, 0.5) is 5.69 Å². The van der Waals surface area contributed by atoms with E-state index in [4.69, 9.17) is 15.9 Å². The van der Waals surface area contributed by atoms with Crippen LogP contribution in [0, 0.1) is 5.41 Å². The Kier molecular flexibility index (Phi) is 8.88. The molecule has 0 aliphatic heterocycles. The van der Waals surface area contributed by atoms with E-state index in [1.165, 1.54) is 18.1 Å². The van der Waals surface area contributed by atoms with Crippen molar-refractivity contribution in [3.8, 4) is 5.75 Å². The monoisotopic (exact) mass is 399 g/mol. The Hall–Kier alpha value is -2.47. The summed E-state index contributed by atoms with van der Waals surface area (Å²) in [5.74, 6) is 2.00. The van der Waals surface area contributed by atoms with Crippen LogP contribution in [-0.4, -0.2) is 29.9 Å². The average molecular weight is 400 g/mol. The molecule has 0 aromatic heterocycles. The highest BCUT2D eigenvalue weighted by Crippen LogP contribution is 2.21. The zero-order valence-electron chi connectivity index (χ0n) is 16.5. The number of ether oxygens (including phenoxy) is 1. The number of benzene rings is 2. The van der Waals surface area contributed by atoms with Crippen LogP contribution in [0.1, 0.15) is 30.9 Å². The molecule has 1 unspecified atom stereocenters. The second-order valence-corrected chi connectivity index (χ2v) is 7.99.